The van der Waals surface area contributed by atoms with E-state index < -0.39 is 0 Å². The molecule has 0 aromatic rings. The van der Waals surface area contributed by atoms with E-state index in [0.29, 0.717) is 18.8 Å². The van der Waals surface area contributed by atoms with Gasteiger partial charge in [0.2, 0.25) is 11.8 Å². The average Bonchev–Trinajstić information content (AvgIpc) is 2.84. The fourth-order valence-corrected chi connectivity index (χ4v) is 2.07. The van der Waals surface area contributed by atoms with Gasteiger partial charge in [-0.25, -0.2) is 0 Å². The zero-order valence-electron chi connectivity index (χ0n) is 8.71. The molecule has 0 aliphatic carbocycles. The lowest BCUT2D eigenvalue weighted by Gasteiger charge is -2.13. The normalized spacial score (nSPS) is 30.3. The number of rotatable bonds is 3. The van der Waals surface area contributed by atoms with Gasteiger partial charge in [0, 0.05) is 13.0 Å². The molecule has 2 amide bonds. The van der Waals surface area contributed by atoms with Gasteiger partial charge in [0.15, 0.2) is 0 Å². The largest absolute Gasteiger partial charge is 0.354 e. The molecule has 0 bridgehead atoms. The van der Waals surface area contributed by atoms with Crippen molar-refractivity contribution in [2.24, 2.45) is 5.92 Å². The van der Waals surface area contributed by atoms with E-state index >= 15 is 0 Å². The summed E-state index contributed by atoms with van der Waals surface area (Å²) in [6.07, 6.45) is 2.23. The Morgan fingerprint density at radius 1 is 1.47 bits per heavy atom. The van der Waals surface area contributed by atoms with Crippen molar-refractivity contribution in [1.29, 1.82) is 0 Å². The van der Waals surface area contributed by atoms with Gasteiger partial charge in [-0.3, -0.25) is 9.59 Å². The molecule has 0 aromatic heterocycles. The van der Waals surface area contributed by atoms with Crippen LogP contribution in [-0.4, -0.2) is 37.5 Å². The minimum absolute atomic E-state index is 0.0160. The minimum Gasteiger partial charge on any atom is -0.354 e. The predicted molar refractivity (Wildman–Crippen MR) is 55.2 cm³/mol. The highest BCUT2D eigenvalue weighted by molar-refractivity contribution is 5.90. The molecule has 5 heteroatoms. The highest BCUT2D eigenvalue weighted by atomic mass is 16.2. The molecule has 0 aromatic carbocycles. The Bertz CT molecular complexity index is 261. The Labute approximate surface area is 89.0 Å². The quantitative estimate of drug-likeness (QED) is 0.560. The summed E-state index contributed by atoms with van der Waals surface area (Å²) in [6.45, 7) is 2.75. The number of hydrogen-bond donors (Lipinski definition) is 3. The van der Waals surface area contributed by atoms with E-state index in [1.165, 1.54) is 0 Å². The molecule has 15 heavy (non-hydrogen) atoms. The van der Waals surface area contributed by atoms with E-state index in [4.69, 9.17) is 0 Å². The smallest absolute Gasteiger partial charge is 0.242 e. The zero-order valence-corrected chi connectivity index (χ0v) is 8.71. The van der Waals surface area contributed by atoms with Gasteiger partial charge < -0.3 is 16.0 Å². The topological polar surface area (TPSA) is 70.2 Å². The molecule has 0 spiro atoms. The Morgan fingerprint density at radius 2 is 2.33 bits per heavy atom. The molecule has 2 aliphatic heterocycles. The maximum atomic E-state index is 11.6. The average molecular weight is 211 g/mol. The summed E-state index contributed by atoms with van der Waals surface area (Å²) in [5.41, 5.74) is 0. The van der Waals surface area contributed by atoms with Gasteiger partial charge in [0.05, 0.1) is 0 Å². The third kappa shape index (κ3) is 2.68. The molecule has 5 nitrogen and oxygen atoms in total. The van der Waals surface area contributed by atoms with E-state index in [-0.39, 0.29) is 17.9 Å². The molecular weight excluding hydrogens is 194 g/mol. The van der Waals surface area contributed by atoms with E-state index in [2.05, 4.69) is 16.0 Å². The molecule has 2 aliphatic rings. The van der Waals surface area contributed by atoms with Crippen molar-refractivity contribution in [3.63, 3.8) is 0 Å². The van der Waals surface area contributed by atoms with E-state index in [1.54, 1.807) is 0 Å². The minimum atomic E-state index is -0.299. The van der Waals surface area contributed by atoms with Gasteiger partial charge in [-0.15, -0.1) is 0 Å². The highest BCUT2D eigenvalue weighted by Gasteiger charge is 2.27. The van der Waals surface area contributed by atoms with Crippen LogP contribution in [0.25, 0.3) is 0 Å². The van der Waals surface area contributed by atoms with Gasteiger partial charge in [-0.2, -0.15) is 0 Å². The SMILES string of the molecule is O=C1CC[C@@H](C(=O)NCC2CCNC2)N1. The molecule has 2 rings (SSSR count). The maximum absolute atomic E-state index is 11.6. The summed E-state index contributed by atoms with van der Waals surface area (Å²) in [5, 5.41) is 8.81. The standard InChI is InChI=1S/C10H17N3O2/c14-9-2-1-8(13-9)10(15)12-6-7-3-4-11-5-7/h7-8,11H,1-6H2,(H,12,15)(H,13,14)/t7?,8-/m0/s1. The monoisotopic (exact) mass is 211 g/mol. The molecule has 84 valence electrons. The molecule has 0 radical (unpaired) electrons. The lowest BCUT2D eigenvalue weighted by molar-refractivity contribution is -0.125. The second-order valence-electron chi connectivity index (χ2n) is 4.26. The van der Waals surface area contributed by atoms with Crippen LogP contribution in [0.15, 0.2) is 0 Å². The van der Waals surface area contributed by atoms with Crippen molar-refractivity contribution in [3.05, 3.63) is 0 Å². The van der Waals surface area contributed by atoms with Crippen molar-refractivity contribution in [3.8, 4) is 0 Å². The molecule has 2 heterocycles. The van der Waals surface area contributed by atoms with Crippen LogP contribution in [-0.2, 0) is 9.59 Å². The number of amides is 2. The lowest BCUT2D eigenvalue weighted by Crippen LogP contribution is -2.43. The summed E-state index contributed by atoms with van der Waals surface area (Å²) >= 11 is 0. The second-order valence-corrected chi connectivity index (χ2v) is 4.26. The molecule has 1 unspecified atom stereocenters. The highest BCUT2D eigenvalue weighted by Crippen LogP contribution is 2.08. The van der Waals surface area contributed by atoms with Gasteiger partial charge in [0.25, 0.3) is 0 Å². The third-order valence-electron chi connectivity index (χ3n) is 3.04. The Kier molecular flexibility index (Phi) is 3.20. The van der Waals surface area contributed by atoms with Crippen molar-refractivity contribution in [2.75, 3.05) is 19.6 Å². The molecule has 2 saturated heterocycles. The molecule has 2 atom stereocenters. The van der Waals surface area contributed by atoms with Gasteiger partial charge >= 0.3 is 0 Å². The van der Waals surface area contributed by atoms with Crippen LogP contribution in [0.4, 0.5) is 0 Å². The van der Waals surface area contributed by atoms with Crippen LogP contribution in [0.5, 0.6) is 0 Å². The van der Waals surface area contributed by atoms with Gasteiger partial charge in [-0.05, 0) is 31.8 Å². The summed E-state index contributed by atoms with van der Waals surface area (Å²) in [5.74, 6) is 0.497. The summed E-state index contributed by atoms with van der Waals surface area (Å²) < 4.78 is 0. The number of carbonyl (C=O) groups excluding carboxylic acids is 2. The third-order valence-corrected chi connectivity index (χ3v) is 3.04. The first kappa shape index (κ1) is 10.4. The van der Waals surface area contributed by atoms with Crippen LogP contribution >= 0.6 is 0 Å². The van der Waals surface area contributed by atoms with Crippen molar-refractivity contribution >= 4 is 11.8 Å². The molecule has 0 saturated carbocycles. The second kappa shape index (κ2) is 4.61. The Balaban J connectivity index is 1.70. The summed E-state index contributed by atoms with van der Waals surface area (Å²) in [6, 6.07) is -0.299. The molecular formula is C10H17N3O2. The Morgan fingerprint density at radius 3 is 2.93 bits per heavy atom. The first-order valence-electron chi connectivity index (χ1n) is 5.53. The predicted octanol–water partition coefficient (Wildman–Crippen LogP) is -1.01. The summed E-state index contributed by atoms with van der Waals surface area (Å²) in [4.78, 5) is 22.5. The van der Waals surface area contributed by atoms with Crippen molar-refractivity contribution in [1.82, 2.24) is 16.0 Å². The summed E-state index contributed by atoms with van der Waals surface area (Å²) in [7, 11) is 0. The fraction of sp³-hybridized carbons (Fsp3) is 0.800. The van der Waals surface area contributed by atoms with Crippen LogP contribution in [0.2, 0.25) is 0 Å². The number of carbonyl (C=O) groups is 2. The molecule has 2 fully saturated rings. The number of hydrogen-bond acceptors (Lipinski definition) is 3. The van der Waals surface area contributed by atoms with Crippen LogP contribution in [0.1, 0.15) is 19.3 Å². The first-order chi connectivity index (χ1) is 7.25. The zero-order chi connectivity index (χ0) is 10.7. The van der Waals surface area contributed by atoms with Crippen molar-refractivity contribution < 1.29 is 9.59 Å². The van der Waals surface area contributed by atoms with Crippen LogP contribution < -0.4 is 16.0 Å². The maximum Gasteiger partial charge on any atom is 0.242 e. The van der Waals surface area contributed by atoms with Gasteiger partial charge in [-0.1, -0.05) is 0 Å². The Hall–Kier alpha value is -1.10. The van der Waals surface area contributed by atoms with Crippen molar-refractivity contribution in [2.45, 2.75) is 25.3 Å². The first-order valence-corrected chi connectivity index (χ1v) is 5.53. The fourth-order valence-electron chi connectivity index (χ4n) is 2.07. The van der Waals surface area contributed by atoms with E-state index in [9.17, 15) is 9.59 Å². The molecule has 3 N–H and O–H groups in total. The van der Waals surface area contributed by atoms with E-state index in [1.807, 2.05) is 0 Å². The van der Waals surface area contributed by atoms with Crippen LogP contribution in [0, 0.1) is 5.92 Å². The van der Waals surface area contributed by atoms with Gasteiger partial charge in [0.1, 0.15) is 6.04 Å². The van der Waals surface area contributed by atoms with Crippen LogP contribution in [0.3, 0.4) is 0 Å². The lowest BCUT2D eigenvalue weighted by atomic mass is 10.1. The number of nitrogens with one attached hydrogen (secondary N) is 3. The van der Waals surface area contributed by atoms with E-state index in [0.717, 1.165) is 26.1 Å².